The van der Waals surface area contributed by atoms with Crippen LogP contribution in [-0.4, -0.2) is 18.6 Å². The SMILES string of the molecule is COC(OC)c1ccccc1CCCI. The van der Waals surface area contributed by atoms with Crippen LogP contribution in [-0.2, 0) is 15.9 Å². The normalized spacial score (nSPS) is 10.9. The molecule has 3 heteroatoms. The fourth-order valence-corrected chi connectivity index (χ4v) is 1.98. The first-order chi connectivity index (χ1) is 7.33. The van der Waals surface area contributed by atoms with E-state index in [1.54, 1.807) is 14.2 Å². The molecule has 0 amide bonds. The van der Waals surface area contributed by atoms with E-state index in [-0.39, 0.29) is 6.29 Å². The van der Waals surface area contributed by atoms with Crippen molar-refractivity contribution >= 4 is 22.6 Å². The standard InChI is InChI=1S/C12H17IO2/c1-14-12(15-2)11-8-4-3-6-10(11)7-5-9-13/h3-4,6,8,12H,5,7,9H2,1-2H3. The quantitative estimate of drug-likeness (QED) is 0.455. The van der Waals surface area contributed by atoms with E-state index in [0.29, 0.717) is 0 Å². The monoisotopic (exact) mass is 320 g/mol. The van der Waals surface area contributed by atoms with Crippen LogP contribution in [0.25, 0.3) is 0 Å². The van der Waals surface area contributed by atoms with Gasteiger partial charge in [0.15, 0.2) is 6.29 Å². The van der Waals surface area contributed by atoms with E-state index >= 15 is 0 Å². The molecule has 0 aliphatic carbocycles. The molecule has 1 aromatic rings. The van der Waals surface area contributed by atoms with Crippen molar-refractivity contribution < 1.29 is 9.47 Å². The van der Waals surface area contributed by atoms with E-state index in [0.717, 1.165) is 12.0 Å². The zero-order valence-electron chi connectivity index (χ0n) is 9.20. The zero-order chi connectivity index (χ0) is 11.1. The lowest BCUT2D eigenvalue weighted by atomic mass is 10.0. The van der Waals surface area contributed by atoms with Crippen molar-refractivity contribution in [3.63, 3.8) is 0 Å². The number of hydrogen-bond donors (Lipinski definition) is 0. The fourth-order valence-electron chi connectivity index (χ4n) is 1.60. The summed E-state index contributed by atoms with van der Waals surface area (Å²) >= 11 is 2.40. The van der Waals surface area contributed by atoms with Crippen LogP contribution >= 0.6 is 22.6 Å². The van der Waals surface area contributed by atoms with Gasteiger partial charge in [-0.25, -0.2) is 0 Å². The van der Waals surface area contributed by atoms with Crippen LogP contribution in [0.2, 0.25) is 0 Å². The van der Waals surface area contributed by atoms with Crippen LogP contribution in [0.5, 0.6) is 0 Å². The Labute approximate surface area is 105 Å². The average Bonchev–Trinajstić information content (AvgIpc) is 2.29. The fraction of sp³-hybridized carbons (Fsp3) is 0.500. The van der Waals surface area contributed by atoms with Gasteiger partial charge in [0.05, 0.1) is 0 Å². The number of rotatable bonds is 6. The predicted octanol–water partition coefficient (Wildman–Crippen LogP) is 3.35. The maximum atomic E-state index is 5.28. The van der Waals surface area contributed by atoms with Crippen LogP contribution in [0.3, 0.4) is 0 Å². The van der Waals surface area contributed by atoms with Gasteiger partial charge in [-0.1, -0.05) is 46.9 Å². The minimum Gasteiger partial charge on any atom is -0.352 e. The van der Waals surface area contributed by atoms with Crippen molar-refractivity contribution in [3.8, 4) is 0 Å². The van der Waals surface area contributed by atoms with E-state index in [1.165, 1.54) is 16.4 Å². The van der Waals surface area contributed by atoms with Crippen LogP contribution in [0.15, 0.2) is 24.3 Å². The molecule has 15 heavy (non-hydrogen) atoms. The summed E-state index contributed by atoms with van der Waals surface area (Å²) in [6, 6.07) is 8.30. The first-order valence-electron chi connectivity index (χ1n) is 5.02. The topological polar surface area (TPSA) is 18.5 Å². The lowest BCUT2D eigenvalue weighted by Gasteiger charge is -2.17. The van der Waals surface area contributed by atoms with E-state index in [2.05, 4.69) is 40.8 Å². The Morgan fingerprint density at radius 3 is 2.47 bits per heavy atom. The number of ether oxygens (including phenoxy) is 2. The third-order valence-corrected chi connectivity index (χ3v) is 3.08. The number of aryl methyl sites for hydroxylation is 1. The highest BCUT2D eigenvalue weighted by molar-refractivity contribution is 14.1. The molecule has 0 aromatic heterocycles. The molecule has 0 aliphatic heterocycles. The highest BCUT2D eigenvalue weighted by Crippen LogP contribution is 2.22. The van der Waals surface area contributed by atoms with Gasteiger partial charge in [0.25, 0.3) is 0 Å². The number of halogens is 1. The summed E-state index contributed by atoms with van der Waals surface area (Å²) in [5.74, 6) is 0. The molecule has 0 radical (unpaired) electrons. The first kappa shape index (κ1) is 12.9. The number of alkyl halides is 1. The molecule has 84 valence electrons. The number of benzene rings is 1. The van der Waals surface area contributed by atoms with Gasteiger partial charge in [-0.3, -0.25) is 0 Å². The third kappa shape index (κ3) is 3.74. The second-order valence-corrected chi connectivity index (χ2v) is 4.37. The van der Waals surface area contributed by atoms with E-state index in [4.69, 9.17) is 9.47 Å². The molecule has 0 N–H and O–H groups in total. The Morgan fingerprint density at radius 2 is 1.87 bits per heavy atom. The van der Waals surface area contributed by atoms with Crippen molar-refractivity contribution in [2.75, 3.05) is 18.6 Å². The maximum Gasteiger partial charge on any atom is 0.183 e. The summed E-state index contributed by atoms with van der Waals surface area (Å²) in [6.45, 7) is 0. The Bertz CT molecular complexity index is 285. The van der Waals surface area contributed by atoms with Crippen molar-refractivity contribution in [2.24, 2.45) is 0 Å². The maximum absolute atomic E-state index is 5.28. The average molecular weight is 320 g/mol. The summed E-state index contributed by atoms with van der Waals surface area (Å²) in [5, 5.41) is 0. The largest absolute Gasteiger partial charge is 0.352 e. The van der Waals surface area contributed by atoms with Gasteiger partial charge in [-0.2, -0.15) is 0 Å². The van der Waals surface area contributed by atoms with Crippen molar-refractivity contribution in [1.29, 1.82) is 0 Å². The molecule has 1 aromatic carbocycles. The lowest BCUT2D eigenvalue weighted by Crippen LogP contribution is -2.07. The third-order valence-electron chi connectivity index (χ3n) is 2.32. The molecule has 0 bridgehead atoms. The summed E-state index contributed by atoms with van der Waals surface area (Å²) < 4.78 is 11.7. The van der Waals surface area contributed by atoms with Gasteiger partial charge in [0.1, 0.15) is 0 Å². The molecule has 1 rings (SSSR count). The van der Waals surface area contributed by atoms with Crippen LogP contribution in [0, 0.1) is 0 Å². The zero-order valence-corrected chi connectivity index (χ0v) is 11.4. The highest BCUT2D eigenvalue weighted by Gasteiger charge is 2.12. The Kier molecular flexibility index (Phi) is 6.20. The molecule has 0 atom stereocenters. The Morgan fingerprint density at radius 1 is 1.20 bits per heavy atom. The van der Waals surface area contributed by atoms with Crippen molar-refractivity contribution in [3.05, 3.63) is 35.4 Å². The predicted molar refractivity (Wildman–Crippen MR) is 70.4 cm³/mol. The Hall–Kier alpha value is -0.130. The summed E-state index contributed by atoms with van der Waals surface area (Å²) in [7, 11) is 3.34. The van der Waals surface area contributed by atoms with Crippen LogP contribution in [0.4, 0.5) is 0 Å². The van der Waals surface area contributed by atoms with Crippen molar-refractivity contribution in [1.82, 2.24) is 0 Å². The van der Waals surface area contributed by atoms with E-state index in [9.17, 15) is 0 Å². The smallest absolute Gasteiger partial charge is 0.183 e. The minimum atomic E-state index is -0.240. The highest BCUT2D eigenvalue weighted by atomic mass is 127. The van der Waals surface area contributed by atoms with Gasteiger partial charge in [-0.15, -0.1) is 0 Å². The van der Waals surface area contributed by atoms with Gasteiger partial charge in [-0.05, 0) is 22.8 Å². The summed E-state index contributed by atoms with van der Waals surface area (Å²) in [6.07, 6.45) is 2.04. The molecule has 0 aliphatic rings. The minimum absolute atomic E-state index is 0.240. The molecule has 0 fully saturated rings. The first-order valence-corrected chi connectivity index (χ1v) is 6.55. The molecular weight excluding hydrogens is 303 g/mol. The molecule has 0 spiro atoms. The molecular formula is C12H17IO2. The van der Waals surface area contributed by atoms with E-state index < -0.39 is 0 Å². The van der Waals surface area contributed by atoms with Gasteiger partial charge in [0.2, 0.25) is 0 Å². The molecule has 0 saturated heterocycles. The summed E-state index contributed by atoms with van der Waals surface area (Å²) in [5.41, 5.74) is 2.47. The second-order valence-electron chi connectivity index (χ2n) is 3.29. The number of methoxy groups -OCH3 is 2. The molecule has 0 heterocycles. The molecule has 0 saturated carbocycles. The summed E-state index contributed by atoms with van der Waals surface area (Å²) in [4.78, 5) is 0. The van der Waals surface area contributed by atoms with Gasteiger partial charge >= 0.3 is 0 Å². The van der Waals surface area contributed by atoms with Gasteiger partial charge in [0, 0.05) is 19.8 Å². The Balaban J connectivity index is 2.84. The number of hydrogen-bond acceptors (Lipinski definition) is 2. The van der Waals surface area contributed by atoms with Crippen molar-refractivity contribution in [2.45, 2.75) is 19.1 Å². The second kappa shape index (κ2) is 7.19. The van der Waals surface area contributed by atoms with E-state index in [1.807, 2.05) is 6.07 Å². The van der Waals surface area contributed by atoms with Crippen LogP contribution < -0.4 is 0 Å². The lowest BCUT2D eigenvalue weighted by molar-refractivity contribution is -0.106. The van der Waals surface area contributed by atoms with Gasteiger partial charge < -0.3 is 9.47 Å². The molecule has 2 nitrogen and oxygen atoms in total. The van der Waals surface area contributed by atoms with Crippen LogP contribution in [0.1, 0.15) is 23.8 Å². The molecule has 0 unspecified atom stereocenters.